The van der Waals surface area contributed by atoms with E-state index in [1.165, 1.54) is 6.33 Å². The highest BCUT2D eigenvalue weighted by molar-refractivity contribution is 8.01. The minimum atomic E-state index is -3.13. The number of hydrogen-bond donors (Lipinski definition) is 1. The standard InChI is InChI=1S/C10H16N4O2S2/c1-2-18(15,16)10-6-17-4-3-14(10)9-5-8(11)12-7-13-9/h5,7,10H,2-4,6H2,1H3,(H2,11,12,13). The third kappa shape index (κ3) is 2.69. The third-order valence-electron chi connectivity index (χ3n) is 2.87. The summed E-state index contributed by atoms with van der Waals surface area (Å²) in [5.74, 6) is 2.53. The molecule has 1 aromatic heterocycles. The molecule has 6 nitrogen and oxygen atoms in total. The van der Waals surface area contributed by atoms with Gasteiger partial charge in [-0.1, -0.05) is 6.92 Å². The van der Waals surface area contributed by atoms with Gasteiger partial charge >= 0.3 is 0 Å². The second-order valence-corrected chi connectivity index (χ2v) is 7.57. The first-order chi connectivity index (χ1) is 8.54. The van der Waals surface area contributed by atoms with Crippen LogP contribution >= 0.6 is 11.8 Å². The lowest BCUT2D eigenvalue weighted by Gasteiger charge is -2.35. The number of aromatic nitrogens is 2. The quantitative estimate of drug-likeness (QED) is 0.859. The summed E-state index contributed by atoms with van der Waals surface area (Å²) in [6.07, 6.45) is 1.36. The Balaban J connectivity index is 2.34. The first kappa shape index (κ1) is 13.4. The van der Waals surface area contributed by atoms with Crippen molar-refractivity contribution in [3.05, 3.63) is 12.4 Å². The molecular formula is C10H16N4O2S2. The van der Waals surface area contributed by atoms with Gasteiger partial charge in [-0.25, -0.2) is 18.4 Å². The Morgan fingerprint density at radius 3 is 3.00 bits per heavy atom. The van der Waals surface area contributed by atoms with Crippen LogP contribution in [-0.2, 0) is 9.84 Å². The SMILES string of the molecule is CCS(=O)(=O)C1CSCCN1c1cc(N)ncn1. The van der Waals surface area contributed by atoms with Crippen LogP contribution in [-0.4, -0.2) is 47.6 Å². The summed E-state index contributed by atoms with van der Waals surface area (Å²) in [6.45, 7) is 2.33. The maximum Gasteiger partial charge on any atom is 0.171 e. The molecule has 0 saturated carbocycles. The van der Waals surface area contributed by atoms with E-state index >= 15 is 0 Å². The maximum absolute atomic E-state index is 12.1. The molecule has 0 aromatic carbocycles. The van der Waals surface area contributed by atoms with Gasteiger partial charge in [0.25, 0.3) is 0 Å². The van der Waals surface area contributed by atoms with E-state index in [4.69, 9.17) is 5.73 Å². The van der Waals surface area contributed by atoms with Crippen molar-refractivity contribution in [3.8, 4) is 0 Å². The molecule has 18 heavy (non-hydrogen) atoms. The molecule has 2 rings (SSSR count). The molecule has 0 aliphatic carbocycles. The van der Waals surface area contributed by atoms with Gasteiger partial charge in [0.1, 0.15) is 23.3 Å². The molecule has 1 saturated heterocycles. The Hall–Kier alpha value is -1.02. The minimum absolute atomic E-state index is 0.134. The van der Waals surface area contributed by atoms with Gasteiger partial charge in [0.15, 0.2) is 9.84 Å². The predicted molar refractivity (Wildman–Crippen MR) is 74.4 cm³/mol. The lowest BCUT2D eigenvalue weighted by atomic mass is 10.4. The van der Waals surface area contributed by atoms with Crippen LogP contribution in [0.4, 0.5) is 11.6 Å². The number of nitrogen functional groups attached to an aromatic ring is 1. The summed E-state index contributed by atoms with van der Waals surface area (Å²) in [4.78, 5) is 9.76. The van der Waals surface area contributed by atoms with Crippen molar-refractivity contribution in [1.29, 1.82) is 0 Å². The van der Waals surface area contributed by atoms with E-state index in [0.717, 1.165) is 5.75 Å². The van der Waals surface area contributed by atoms with Gasteiger partial charge in [-0.2, -0.15) is 11.8 Å². The van der Waals surface area contributed by atoms with Crippen molar-refractivity contribution in [1.82, 2.24) is 9.97 Å². The first-order valence-corrected chi connectivity index (χ1v) is 8.55. The number of thioether (sulfide) groups is 1. The molecular weight excluding hydrogens is 272 g/mol. The van der Waals surface area contributed by atoms with Crippen molar-refractivity contribution in [2.45, 2.75) is 12.3 Å². The zero-order valence-electron chi connectivity index (χ0n) is 10.1. The van der Waals surface area contributed by atoms with Crippen LogP contribution in [0.15, 0.2) is 12.4 Å². The van der Waals surface area contributed by atoms with Crippen LogP contribution in [0.25, 0.3) is 0 Å². The van der Waals surface area contributed by atoms with Crippen molar-refractivity contribution in [2.24, 2.45) is 0 Å². The van der Waals surface area contributed by atoms with Gasteiger partial charge in [0, 0.05) is 29.9 Å². The highest BCUT2D eigenvalue weighted by Gasteiger charge is 2.33. The van der Waals surface area contributed by atoms with Crippen molar-refractivity contribution >= 4 is 33.2 Å². The molecule has 0 amide bonds. The van der Waals surface area contributed by atoms with Gasteiger partial charge in [-0.05, 0) is 0 Å². The fourth-order valence-electron chi connectivity index (χ4n) is 1.85. The predicted octanol–water partition coefficient (Wildman–Crippen LogP) is 0.373. The third-order valence-corrected chi connectivity index (χ3v) is 6.16. The van der Waals surface area contributed by atoms with Crippen LogP contribution < -0.4 is 10.6 Å². The second-order valence-electron chi connectivity index (χ2n) is 3.98. The molecule has 1 aliphatic heterocycles. The van der Waals surface area contributed by atoms with E-state index in [2.05, 4.69) is 9.97 Å². The molecule has 0 bridgehead atoms. The van der Waals surface area contributed by atoms with E-state index < -0.39 is 15.2 Å². The maximum atomic E-state index is 12.1. The van der Waals surface area contributed by atoms with Crippen molar-refractivity contribution in [2.75, 3.05) is 34.4 Å². The minimum Gasteiger partial charge on any atom is -0.384 e. The topological polar surface area (TPSA) is 89.2 Å². The highest BCUT2D eigenvalue weighted by atomic mass is 32.2. The molecule has 2 N–H and O–H groups in total. The summed E-state index contributed by atoms with van der Waals surface area (Å²) in [6, 6.07) is 1.62. The summed E-state index contributed by atoms with van der Waals surface area (Å²) in [5.41, 5.74) is 5.62. The second kappa shape index (κ2) is 5.31. The molecule has 1 aromatic rings. The summed E-state index contributed by atoms with van der Waals surface area (Å²) in [7, 11) is -3.13. The van der Waals surface area contributed by atoms with Crippen LogP contribution in [0.3, 0.4) is 0 Å². The first-order valence-electron chi connectivity index (χ1n) is 5.68. The fraction of sp³-hybridized carbons (Fsp3) is 0.600. The van der Waals surface area contributed by atoms with E-state index in [-0.39, 0.29) is 5.75 Å². The largest absolute Gasteiger partial charge is 0.384 e. The van der Waals surface area contributed by atoms with Gasteiger partial charge < -0.3 is 10.6 Å². The molecule has 1 aliphatic rings. The lowest BCUT2D eigenvalue weighted by Crippen LogP contribution is -2.48. The Morgan fingerprint density at radius 2 is 2.33 bits per heavy atom. The lowest BCUT2D eigenvalue weighted by molar-refractivity contribution is 0.579. The van der Waals surface area contributed by atoms with Gasteiger partial charge in [-0.15, -0.1) is 0 Å². The average molecular weight is 288 g/mol. The van der Waals surface area contributed by atoms with Crippen molar-refractivity contribution in [3.63, 3.8) is 0 Å². The van der Waals surface area contributed by atoms with Gasteiger partial charge in [0.05, 0.1) is 0 Å². The Labute approximate surface area is 111 Å². The fourth-order valence-corrected chi connectivity index (χ4v) is 4.83. The summed E-state index contributed by atoms with van der Waals surface area (Å²) >= 11 is 1.65. The van der Waals surface area contributed by atoms with Crippen LogP contribution in [0, 0.1) is 0 Å². The number of nitrogens with two attached hydrogens (primary N) is 1. The van der Waals surface area contributed by atoms with Crippen LogP contribution in [0.1, 0.15) is 6.92 Å². The zero-order valence-corrected chi connectivity index (χ0v) is 11.7. The Morgan fingerprint density at radius 1 is 1.56 bits per heavy atom. The molecule has 0 spiro atoms. The number of nitrogens with zero attached hydrogens (tertiary/aromatic N) is 3. The Bertz CT molecular complexity index is 520. The van der Waals surface area contributed by atoms with Crippen LogP contribution in [0.2, 0.25) is 0 Å². The number of anilines is 2. The van der Waals surface area contributed by atoms with Crippen LogP contribution in [0.5, 0.6) is 0 Å². The molecule has 1 atom stereocenters. The number of sulfone groups is 1. The molecule has 2 heterocycles. The normalized spacial score (nSPS) is 20.9. The number of rotatable bonds is 3. The van der Waals surface area contributed by atoms with Gasteiger partial charge in [0.2, 0.25) is 0 Å². The summed E-state index contributed by atoms with van der Waals surface area (Å²) in [5, 5.41) is -0.518. The molecule has 0 radical (unpaired) electrons. The van der Waals surface area contributed by atoms with E-state index in [1.54, 1.807) is 24.8 Å². The highest BCUT2D eigenvalue weighted by Crippen LogP contribution is 2.26. The number of hydrogen-bond acceptors (Lipinski definition) is 7. The smallest absolute Gasteiger partial charge is 0.171 e. The average Bonchev–Trinajstić information content (AvgIpc) is 2.39. The molecule has 1 fully saturated rings. The Kier molecular flexibility index (Phi) is 3.96. The summed E-state index contributed by atoms with van der Waals surface area (Å²) < 4.78 is 24.2. The monoisotopic (exact) mass is 288 g/mol. The van der Waals surface area contributed by atoms with E-state index in [0.29, 0.717) is 23.9 Å². The van der Waals surface area contributed by atoms with Gasteiger partial charge in [-0.3, -0.25) is 0 Å². The van der Waals surface area contributed by atoms with E-state index in [1.807, 2.05) is 4.90 Å². The molecule has 1 unspecified atom stereocenters. The zero-order chi connectivity index (χ0) is 13.2. The van der Waals surface area contributed by atoms with E-state index in [9.17, 15) is 8.42 Å². The van der Waals surface area contributed by atoms with Crippen molar-refractivity contribution < 1.29 is 8.42 Å². The molecule has 100 valence electrons. The molecule has 8 heteroatoms.